The predicted octanol–water partition coefficient (Wildman–Crippen LogP) is 1.64. The lowest BCUT2D eigenvalue weighted by Crippen LogP contribution is -2.42. The number of hydrogen-bond acceptors (Lipinski definition) is 2. The first-order valence-electron chi connectivity index (χ1n) is 5.77. The van der Waals surface area contributed by atoms with Crippen LogP contribution in [0.2, 0.25) is 0 Å². The molecule has 2 heterocycles. The second-order valence-electron chi connectivity index (χ2n) is 4.40. The molecular formula is C11H18ClNO2. The summed E-state index contributed by atoms with van der Waals surface area (Å²) in [5, 5.41) is 0. The Bertz CT molecular complexity index is 229. The van der Waals surface area contributed by atoms with Crippen LogP contribution in [0.4, 0.5) is 0 Å². The molecule has 0 aromatic carbocycles. The minimum atomic E-state index is 0.0857. The number of alkyl halides is 1. The maximum absolute atomic E-state index is 12.2. The summed E-state index contributed by atoms with van der Waals surface area (Å²) in [6.07, 6.45) is 4.14. The molecule has 1 unspecified atom stereocenters. The van der Waals surface area contributed by atoms with Crippen molar-refractivity contribution in [2.45, 2.75) is 31.7 Å². The maximum Gasteiger partial charge on any atom is 0.228 e. The highest BCUT2D eigenvalue weighted by Gasteiger charge is 2.33. The fourth-order valence-corrected chi connectivity index (χ4v) is 2.78. The molecule has 2 rings (SSSR count). The summed E-state index contributed by atoms with van der Waals surface area (Å²) in [4.78, 5) is 14.1. The second kappa shape index (κ2) is 5.17. The molecule has 2 fully saturated rings. The lowest BCUT2D eigenvalue weighted by Gasteiger charge is -2.29. The van der Waals surface area contributed by atoms with Gasteiger partial charge in [-0.05, 0) is 25.7 Å². The molecule has 0 N–H and O–H groups in total. The minimum Gasteiger partial charge on any atom is -0.381 e. The third kappa shape index (κ3) is 2.45. The van der Waals surface area contributed by atoms with Crippen LogP contribution in [0, 0.1) is 5.92 Å². The van der Waals surface area contributed by atoms with Crippen molar-refractivity contribution < 1.29 is 9.53 Å². The summed E-state index contributed by atoms with van der Waals surface area (Å²) in [5.41, 5.74) is 0. The molecule has 0 bridgehead atoms. The van der Waals surface area contributed by atoms with E-state index in [0.29, 0.717) is 12.5 Å². The zero-order valence-corrected chi connectivity index (χ0v) is 9.71. The Morgan fingerprint density at radius 2 is 2.27 bits per heavy atom. The van der Waals surface area contributed by atoms with Gasteiger partial charge in [0.05, 0.1) is 12.5 Å². The molecule has 0 aliphatic carbocycles. The van der Waals surface area contributed by atoms with Crippen LogP contribution in [0.1, 0.15) is 25.7 Å². The first-order chi connectivity index (χ1) is 7.33. The van der Waals surface area contributed by atoms with Crippen molar-refractivity contribution in [3.63, 3.8) is 0 Å². The molecule has 0 radical (unpaired) electrons. The van der Waals surface area contributed by atoms with E-state index in [9.17, 15) is 4.79 Å². The van der Waals surface area contributed by atoms with Crippen molar-refractivity contribution in [1.29, 1.82) is 0 Å². The first-order valence-corrected chi connectivity index (χ1v) is 6.30. The number of carbonyl (C=O) groups is 1. The second-order valence-corrected chi connectivity index (χ2v) is 4.70. The Balaban J connectivity index is 1.93. The Labute approximate surface area is 95.7 Å². The van der Waals surface area contributed by atoms with Crippen LogP contribution in [-0.2, 0) is 9.53 Å². The topological polar surface area (TPSA) is 29.5 Å². The summed E-state index contributed by atoms with van der Waals surface area (Å²) >= 11 is 5.86. The van der Waals surface area contributed by atoms with E-state index in [1.807, 2.05) is 4.90 Å². The molecule has 2 saturated heterocycles. The average Bonchev–Trinajstić information content (AvgIpc) is 2.77. The largest absolute Gasteiger partial charge is 0.381 e. The Hall–Kier alpha value is -0.280. The summed E-state index contributed by atoms with van der Waals surface area (Å²) in [6, 6.07) is 0.265. The van der Waals surface area contributed by atoms with E-state index in [0.717, 1.165) is 38.8 Å². The van der Waals surface area contributed by atoms with E-state index in [4.69, 9.17) is 16.3 Å². The van der Waals surface area contributed by atoms with E-state index in [-0.39, 0.29) is 17.9 Å². The highest BCUT2D eigenvalue weighted by molar-refractivity contribution is 6.18. The summed E-state index contributed by atoms with van der Waals surface area (Å²) in [6.45, 7) is 2.29. The van der Waals surface area contributed by atoms with Crippen molar-refractivity contribution in [2.24, 2.45) is 5.92 Å². The third-order valence-corrected chi connectivity index (χ3v) is 3.70. The van der Waals surface area contributed by atoms with Crippen LogP contribution in [0.5, 0.6) is 0 Å². The van der Waals surface area contributed by atoms with Crippen molar-refractivity contribution in [2.75, 3.05) is 25.6 Å². The van der Waals surface area contributed by atoms with Gasteiger partial charge in [0.25, 0.3) is 0 Å². The SMILES string of the molecule is O=C(C1CCCOC1)N1CCC[C@H]1CCl. The van der Waals surface area contributed by atoms with Gasteiger partial charge in [0.15, 0.2) is 0 Å². The number of ether oxygens (including phenoxy) is 1. The van der Waals surface area contributed by atoms with Crippen LogP contribution < -0.4 is 0 Å². The highest BCUT2D eigenvalue weighted by Crippen LogP contribution is 2.24. The third-order valence-electron chi connectivity index (χ3n) is 3.35. The standard InChI is InChI=1S/C11H18ClNO2/c12-7-10-4-1-5-13(10)11(14)9-3-2-6-15-8-9/h9-10H,1-8H2/t9?,10-/m0/s1. The van der Waals surface area contributed by atoms with Crippen molar-refractivity contribution in [1.82, 2.24) is 4.90 Å². The van der Waals surface area contributed by atoms with Crippen molar-refractivity contribution >= 4 is 17.5 Å². The van der Waals surface area contributed by atoms with Gasteiger partial charge in [0.2, 0.25) is 5.91 Å². The van der Waals surface area contributed by atoms with Crippen LogP contribution >= 0.6 is 11.6 Å². The van der Waals surface area contributed by atoms with Crippen LogP contribution in [-0.4, -0.2) is 42.5 Å². The molecule has 0 aromatic heterocycles. The normalized spacial score (nSPS) is 31.9. The minimum absolute atomic E-state index is 0.0857. The molecule has 1 amide bonds. The Morgan fingerprint density at radius 3 is 2.93 bits per heavy atom. The Kier molecular flexibility index (Phi) is 3.87. The van der Waals surface area contributed by atoms with Gasteiger partial charge in [-0.25, -0.2) is 0 Å². The Morgan fingerprint density at radius 1 is 1.40 bits per heavy atom. The molecule has 4 heteroatoms. The predicted molar refractivity (Wildman–Crippen MR) is 59.0 cm³/mol. The molecule has 0 saturated carbocycles. The fraction of sp³-hybridized carbons (Fsp3) is 0.909. The molecule has 86 valence electrons. The summed E-state index contributed by atoms with van der Waals surface area (Å²) in [5.74, 6) is 0.916. The number of halogens is 1. The molecule has 2 atom stereocenters. The van der Waals surface area contributed by atoms with E-state index in [1.54, 1.807) is 0 Å². The van der Waals surface area contributed by atoms with E-state index < -0.39 is 0 Å². The molecular weight excluding hydrogens is 214 g/mol. The molecule has 0 aromatic rings. The zero-order chi connectivity index (χ0) is 10.7. The van der Waals surface area contributed by atoms with Crippen LogP contribution in [0.15, 0.2) is 0 Å². The molecule has 15 heavy (non-hydrogen) atoms. The van der Waals surface area contributed by atoms with Crippen LogP contribution in [0.3, 0.4) is 0 Å². The fourth-order valence-electron chi connectivity index (χ4n) is 2.46. The van der Waals surface area contributed by atoms with Crippen LogP contribution in [0.25, 0.3) is 0 Å². The molecule has 2 aliphatic rings. The van der Waals surface area contributed by atoms with Gasteiger partial charge < -0.3 is 9.64 Å². The van der Waals surface area contributed by atoms with Crippen molar-refractivity contribution in [3.05, 3.63) is 0 Å². The molecule has 0 spiro atoms. The lowest BCUT2D eigenvalue weighted by molar-refractivity contribution is -0.140. The summed E-state index contributed by atoms with van der Waals surface area (Å²) in [7, 11) is 0. The summed E-state index contributed by atoms with van der Waals surface area (Å²) < 4.78 is 5.35. The maximum atomic E-state index is 12.2. The van der Waals surface area contributed by atoms with Gasteiger partial charge >= 0.3 is 0 Å². The quantitative estimate of drug-likeness (QED) is 0.677. The molecule has 2 aliphatic heterocycles. The van der Waals surface area contributed by atoms with E-state index in [2.05, 4.69) is 0 Å². The number of nitrogens with zero attached hydrogens (tertiary/aromatic N) is 1. The van der Waals surface area contributed by atoms with Gasteiger partial charge in [0.1, 0.15) is 0 Å². The highest BCUT2D eigenvalue weighted by atomic mass is 35.5. The zero-order valence-electron chi connectivity index (χ0n) is 8.95. The van der Waals surface area contributed by atoms with Gasteiger partial charge in [-0.2, -0.15) is 0 Å². The van der Waals surface area contributed by atoms with Gasteiger partial charge in [0, 0.05) is 25.1 Å². The average molecular weight is 232 g/mol. The first kappa shape index (κ1) is 11.2. The lowest BCUT2D eigenvalue weighted by atomic mass is 10.0. The number of amides is 1. The smallest absolute Gasteiger partial charge is 0.228 e. The van der Waals surface area contributed by atoms with Gasteiger partial charge in [-0.15, -0.1) is 11.6 Å². The number of rotatable bonds is 2. The number of hydrogen-bond donors (Lipinski definition) is 0. The van der Waals surface area contributed by atoms with Crippen molar-refractivity contribution in [3.8, 4) is 0 Å². The monoisotopic (exact) mass is 231 g/mol. The van der Waals surface area contributed by atoms with E-state index in [1.165, 1.54) is 0 Å². The number of carbonyl (C=O) groups excluding carboxylic acids is 1. The molecule has 3 nitrogen and oxygen atoms in total. The van der Waals surface area contributed by atoms with Gasteiger partial charge in [-0.1, -0.05) is 0 Å². The van der Waals surface area contributed by atoms with E-state index >= 15 is 0 Å². The van der Waals surface area contributed by atoms with Gasteiger partial charge in [-0.3, -0.25) is 4.79 Å². The number of likely N-dealkylation sites (tertiary alicyclic amines) is 1.